The number of aromatic hydroxyl groups is 1. The summed E-state index contributed by atoms with van der Waals surface area (Å²) >= 11 is 10.6. The van der Waals surface area contributed by atoms with Crippen LogP contribution in [0.4, 0.5) is 70.3 Å². The van der Waals surface area contributed by atoms with Gasteiger partial charge in [0.15, 0.2) is 6.29 Å². The number of ether oxygens (including phenoxy) is 8. The van der Waals surface area contributed by atoms with Crippen LogP contribution in [0.2, 0.25) is 0 Å². The molecule has 0 aliphatic carbocycles. The van der Waals surface area contributed by atoms with Crippen LogP contribution in [0, 0.1) is 0 Å². The van der Waals surface area contributed by atoms with Gasteiger partial charge in [0.2, 0.25) is 47.6 Å². The third-order valence-corrected chi connectivity index (χ3v) is 17.1. The zero-order valence-corrected chi connectivity index (χ0v) is 71.8. The maximum absolute atomic E-state index is 12.9. The first-order valence-corrected chi connectivity index (χ1v) is 40.6. The van der Waals surface area contributed by atoms with Gasteiger partial charge in [0, 0.05) is 75.7 Å². The summed E-state index contributed by atoms with van der Waals surface area (Å²) in [5, 5.41) is 41.9. The maximum Gasteiger partial charge on any atom is 0.281 e. The Bertz CT molecular complexity index is 5750. The van der Waals surface area contributed by atoms with Crippen LogP contribution >= 0.6 is 23.2 Å². The number of phenols is 1. The number of nitrogen functional groups attached to an aromatic ring is 4. The van der Waals surface area contributed by atoms with Crippen molar-refractivity contribution in [3.63, 3.8) is 0 Å². The molecule has 35 heteroatoms. The molecule has 5 heterocycles. The van der Waals surface area contributed by atoms with Crippen LogP contribution in [-0.4, -0.2) is 125 Å². The van der Waals surface area contributed by atoms with Gasteiger partial charge in [-0.3, -0.25) is 19.2 Å². The number of halogens is 2. The van der Waals surface area contributed by atoms with Crippen LogP contribution in [0.25, 0.3) is 0 Å². The van der Waals surface area contributed by atoms with Gasteiger partial charge in [0.25, 0.3) is 22.3 Å². The van der Waals surface area contributed by atoms with Gasteiger partial charge in [0.1, 0.15) is 59.2 Å². The van der Waals surface area contributed by atoms with Crippen LogP contribution in [0.5, 0.6) is 46.0 Å². The van der Waals surface area contributed by atoms with Crippen LogP contribution in [0.3, 0.4) is 0 Å². The molecule has 10 aromatic carbocycles. The number of aromatic nitrogens is 12. The number of carbonyl (C=O) groups excluding carboxylic acids is 4. The van der Waals surface area contributed by atoms with Gasteiger partial charge in [-0.05, 0) is 224 Å². The molecular weight excluding hydrogens is 1650 g/mol. The molecule has 1 aliphatic rings. The summed E-state index contributed by atoms with van der Waals surface area (Å²) in [4.78, 5) is 63.4. The molecule has 15 N–H and O–H groups in total. The Morgan fingerprint density at radius 1 is 0.413 bits per heavy atom. The molecule has 0 bridgehead atoms. The van der Waals surface area contributed by atoms with Crippen molar-refractivity contribution in [2.24, 2.45) is 0 Å². The maximum atomic E-state index is 12.9. The number of hydrogen-bond acceptors (Lipinski definition) is 29. The monoisotopic (exact) mass is 1750 g/mol. The Kier molecular flexibility index (Phi) is 34.9. The number of rotatable bonds is 28. The predicted octanol–water partition coefficient (Wildman–Crippen LogP) is 17.9. The highest BCUT2D eigenvalue weighted by molar-refractivity contribution is 6.68. The smallest absolute Gasteiger partial charge is 0.281 e. The minimum Gasteiger partial charge on any atom is -0.508 e. The summed E-state index contributed by atoms with van der Waals surface area (Å²) in [6.45, 7) is 17.1. The Balaban J connectivity index is 0.000000162. The molecule has 1 fully saturated rings. The Morgan fingerprint density at radius 3 is 1.11 bits per heavy atom. The van der Waals surface area contributed by atoms with Gasteiger partial charge in [0.05, 0.1) is 31.0 Å². The van der Waals surface area contributed by atoms with E-state index in [1.807, 2.05) is 189 Å². The van der Waals surface area contributed by atoms with Crippen molar-refractivity contribution >= 4 is 116 Å². The first kappa shape index (κ1) is 93.1. The molecule has 4 aromatic heterocycles. The molecule has 0 amide bonds. The van der Waals surface area contributed by atoms with E-state index in [1.165, 1.54) is 6.07 Å². The lowest BCUT2D eigenvalue weighted by Crippen LogP contribution is -2.24. The number of H-pyrrole nitrogens is 2. The van der Waals surface area contributed by atoms with Crippen molar-refractivity contribution in [2.75, 3.05) is 50.8 Å². The van der Waals surface area contributed by atoms with E-state index in [0.29, 0.717) is 87.5 Å². The number of aromatic amines is 2. The van der Waals surface area contributed by atoms with E-state index >= 15 is 0 Å². The molecule has 0 spiro atoms. The minimum atomic E-state index is -0.464. The van der Waals surface area contributed by atoms with Crippen molar-refractivity contribution in [3.05, 3.63) is 288 Å². The van der Waals surface area contributed by atoms with Crippen LogP contribution in [0.1, 0.15) is 127 Å². The highest BCUT2D eigenvalue weighted by Gasteiger charge is 2.21. The van der Waals surface area contributed by atoms with E-state index in [2.05, 4.69) is 71.8 Å². The number of hydrogen-bond donors (Lipinski definition) is 11. The van der Waals surface area contributed by atoms with Crippen molar-refractivity contribution in [1.82, 2.24) is 59.9 Å². The molecule has 33 nitrogen and oxygen atoms in total. The highest BCUT2D eigenvalue weighted by Crippen LogP contribution is 2.29. The van der Waals surface area contributed by atoms with Gasteiger partial charge >= 0.3 is 0 Å². The molecule has 1 saturated heterocycles. The third-order valence-electron chi connectivity index (χ3n) is 16.7. The normalized spacial score (nSPS) is 11.8. The lowest BCUT2D eigenvalue weighted by molar-refractivity contribution is -0.105. The first-order valence-electron chi connectivity index (χ1n) is 39.8. The summed E-state index contributed by atoms with van der Waals surface area (Å²) in [6, 6.07) is 76.3. The zero-order chi connectivity index (χ0) is 89.9. The standard InChI is InChI=1S/C25H25N5O3.C18H19N5O3.C15H15N5O.C13H17N5O2.2C10H11ClO2/c1-17(2)33-22-13-6-10-19(14-22)23(31)30-24(26)28-25(29-30)27-20-11-7-12-21(15-20)32-16-18-8-4-3-5-9-18;1-11(2)26-15-8-3-5-12(9-15)16(25)23-17(19)21-18(22-23)20-13-6-4-7-14(24)10-13;16-14-18-15(20-19-14)17-12-7-4-8-13(9-12)21-10-11-5-2-1-3-6-11;14-12-16-13(18-17-12)15-9-4-3-5-10(8-9)20-11-6-1-2-7-19-11;2*1-7(2)13-9-5-3-4-8(6-9)10(11)12/h3-15,17H,16H2,1-2H3,(H3,26,27,28,29);3-11,24H,1-2H3,(H3,19,20,21,22);1-9H,10H2,(H4,16,17,18,19,20);3-5,8,11H,1-2,6-7H2,(H4,14,15,16,17,18);2*3-7H,1-2H3. The minimum absolute atomic E-state index is 0.00460. The Hall–Kier alpha value is -15.2. The molecule has 1 atom stereocenters. The molecule has 15 rings (SSSR count). The number of phenolic OH excluding ortho intramolecular Hbond substituents is 1. The van der Waals surface area contributed by atoms with E-state index in [9.17, 15) is 24.3 Å². The van der Waals surface area contributed by atoms with Gasteiger partial charge in [-0.2, -0.15) is 29.3 Å². The number of benzene rings is 10. The summed E-state index contributed by atoms with van der Waals surface area (Å²) < 4.78 is 47.1. The fourth-order valence-electron chi connectivity index (χ4n) is 11.3. The van der Waals surface area contributed by atoms with E-state index < -0.39 is 22.3 Å². The number of carbonyl (C=O) groups is 4. The molecule has 0 saturated carbocycles. The SMILES string of the molecule is CC(C)Oc1cccc(C(=O)Cl)c1.CC(C)Oc1cccc(C(=O)Cl)c1.CC(C)Oc1cccc(C(=O)n2nc(Nc3cccc(O)c3)nc2N)c1.CC(C)Oc1cccc(C(=O)n2nc(Nc3cccc(OCc4ccccc4)c3)nc2N)c1.Nc1nc(Nc2cccc(OC3CCCCO3)c2)n[nH]1.Nc1nc(Nc2cccc(OCc3ccccc3)c2)n[nH]1. The topological polar surface area (TPSA) is 459 Å². The van der Waals surface area contributed by atoms with Gasteiger partial charge in [-0.15, -0.1) is 20.4 Å². The zero-order valence-electron chi connectivity index (χ0n) is 70.3. The van der Waals surface area contributed by atoms with E-state index in [4.69, 9.17) is 84.0 Å². The van der Waals surface area contributed by atoms with Crippen LogP contribution in [-0.2, 0) is 18.0 Å². The van der Waals surface area contributed by atoms with Gasteiger partial charge < -0.3 is 87.2 Å². The first-order chi connectivity index (χ1) is 60.7. The number of nitrogens with zero attached hydrogens (tertiary/aromatic N) is 10. The Morgan fingerprint density at radius 2 is 0.754 bits per heavy atom. The second kappa shape index (κ2) is 47.3. The molecule has 14 aromatic rings. The lowest BCUT2D eigenvalue weighted by Gasteiger charge is -2.23. The van der Waals surface area contributed by atoms with Crippen molar-refractivity contribution < 1.29 is 62.2 Å². The molecular formula is C91H98Cl2N20O13. The van der Waals surface area contributed by atoms with E-state index in [-0.39, 0.29) is 72.1 Å². The number of nitrogens with two attached hydrogens (primary N) is 4. The summed E-state index contributed by atoms with van der Waals surface area (Å²) in [6.07, 6.45) is 3.20. The third kappa shape index (κ3) is 31.3. The number of anilines is 12. The predicted molar refractivity (Wildman–Crippen MR) is 485 cm³/mol. The summed E-state index contributed by atoms with van der Waals surface area (Å²) in [7, 11) is 0. The highest BCUT2D eigenvalue weighted by atomic mass is 35.5. The average molecular weight is 1750 g/mol. The van der Waals surface area contributed by atoms with Gasteiger partial charge in [-0.25, -0.2) is 10.2 Å². The molecule has 1 aliphatic heterocycles. The number of nitrogens with one attached hydrogen (secondary N) is 6. The molecule has 126 heavy (non-hydrogen) atoms. The van der Waals surface area contributed by atoms with Crippen molar-refractivity contribution in [3.8, 4) is 46.0 Å². The second-order valence-corrected chi connectivity index (χ2v) is 29.2. The van der Waals surface area contributed by atoms with Crippen LogP contribution < -0.4 is 77.4 Å². The molecule has 654 valence electrons. The van der Waals surface area contributed by atoms with E-state index in [0.717, 1.165) is 69.2 Å². The van der Waals surface area contributed by atoms with Crippen molar-refractivity contribution in [1.29, 1.82) is 0 Å². The molecule has 1 unspecified atom stereocenters. The average Bonchev–Trinajstić information content (AvgIpc) is 1.80. The molecule has 0 radical (unpaired) electrons. The fourth-order valence-corrected chi connectivity index (χ4v) is 11.6. The van der Waals surface area contributed by atoms with Crippen molar-refractivity contribution in [2.45, 2.75) is 119 Å². The fraction of sp³-hybridized carbons (Fsp3) is 0.209. The summed E-state index contributed by atoms with van der Waals surface area (Å²) in [5.41, 5.74) is 29.6. The second-order valence-electron chi connectivity index (χ2n) is 28.5. The van der Waals surface area contributed by atoms with E-state index in [1.54, 1.807) is 115 Å². The summed E-state index contributed by atoms with van der Waals surface area (Å²) in [5.74, 6) is 5.69. The lowest BCUT2D eigenvalue weighted by atomic mass is 10.2. The van der Waals surface area contributed by atoms with Crippen LogP contribution in [0.15, 0.2) is 255 Å². The Labute approximate surface area is 737 Å². The van der Waals surface area contributed by atoms with Gasteiger partial charge in [-0.1, -0.05) is 109 Å². The largest absolute Gasteiger partial charge is 0.508 e. The quantitative estimate of drug-likeness (QED) is 0.0203.